The van der Waals surface area contributed by atoms with Crippen LogP contribution in [0.1, 0.15) is 41.3 Å². The molecule has 1 atom stereocenters. The quantitative estimate of drug-likeness (QED) is 0.775. The first-order valence-electron chi connectivity index (χ1n) is 8.89. The maximum Gasteiger partial charge on any atom is 0.341 e. The number of hydrogen-bond donors (Lipinski definition) is 2. The zero-order valence-electron chi connectivity index (χ0n) is 15.3. The SMILES string of the molecule is Cc1cccc(Nc2ccccc2C(=O)O[C@H](C)C(=O)NC2CC2)c1C. The van der Waals surface area contributed by atoms with Crippen LogP contribution in [0.4, 0.5) is 11.4 Å². The van der Waals surface area contributed by atoms with Crippen LogP contribution >= 0.6 is 0 Å². The Bertz CT molecular complexity index is 828. The first kappa shape index (κ1) is 18.0. The number of rotatable bonds is 6. The lowest BCUT2D eigenvalue weighted by Gasteiger charge is -2.17. The molecule has 2 aromatic carbocycles. The van der Waals surface area contributed by atoms with E-state index in [0.29, 0.717) is 11.3 Å². The average molecular weight is 352 g/mol. The van der Waals surface area contributed by atoms with E-state index in [-0.39, 0.29) is 11.9 Å². The molecule has 0 heterocycles. The first-order chi connectivity index (χ1) is 12.5. The van der Waals surface area contributed by atoms with Crippen molar-refractivity contribution in [2.45, 2.75) is 45.8 Å². The standard InChI is InChI=1S/C21H24N2O3/c1-13-7-6-10-18(14(13)2)23-19-9-5-4-8-17(19)21(25)26-15(3)20(24)22-16-11-12-16/h4-10,15-16,23H,11-12H2,1-3H3,(H,22,24)/t15-/m1/s1. The highest BCUT2D eigenvalue weighted by Crippen LogP contribution is 2.26. The van der Waals surface area contributed by atoms with Crippen LogP contribution in [0.2, 0.25) is 0 Å². The van der Waals surface area contributed by atoms with Gasteiger partial charge in [0.25, 0.3) is 5.91 Å². The van der Waals surface area contributed by atoms with Gasteiger partial charge in [0.1, 0.15) is 0 Å². The molecule has 0 unspecified atom stereocenters. The number of para-hydroxylation sites is 1. The third-order valence-corrected chi connectivity index (χ3v) is 4.60. The summed E-state index contributed by atoms with van der Waals surface area (Å²) in [4.78, 5) is 24.6. The molecule has 136 valence electrons. The molecular formula is C21H24N2O3. The molecule has 1 amide bonds. The van der Waals surface area contributed by atoms with Gasteiger partial charge >= 0.3 is 5.97 Å². The Morgan fingerprint density at radius 2 is 1.73 bits per heavy atom. The Balaban J connectivity index is 1.74. The number of esters is 1. The van der Waals surface area contributed by atoms with Gasteiger partial charge in [0.05, 0.1) is 11.3 Å². The molecule has 5 nitrogen and oxygen atoms in total. The van der Waals surface area contributed by atoms with Crippen molar-refractivity contribution in [3.05, 3.63) is 59.2 Å². The minimum Gasteiger partial charge on any atom is -0.449 e. The van der Waals surface area contributed by atoms with Gasteiger partial charge in [-0.15, -0.1) is 0 Å². The average Bonchev–Trinajstić information content (AvgIpc) is 3.43. The van der Waals surface area contributed by atoms with E-state index in [2.05, 4.69) is 10.6 Å². The van der Waals surface area contributed by atoms with Gasteiger partial charge in [0.2, 0.25) is 0 Å². The lowest BCUT2D eigenvalue weighted by molar-refractivity contribution is -0.129. The predicted molar refractivity (Wildman–Crippen MR) is 102 cm³/mol. The third kappa shape index (κ3) is 4.23. The fraction of sp³-hybridized carbons (Fsp3) is 0.333. The molecule has 1 fully saturated rings. The first-order valence-corrected chi connectivity index (χ1v) is 8.89. The number of aryl methyl sites for hydroxylation is 1. The second kappa shape index (κ2) is 7.60. The van der Waals surface area contributed by atoms with E-state index < -0.39 is 12.1 Å². The van der Waals surface area contributed by atoms with Crippen LogP contribution in [0.5, 0.6) is 0 Å². The van der Waals surface area contributed by atoms with Gasteiger partial charge in [-0.25, -0.2) is 4.79 Å². The zero-order chi connectivity index (χ0) is 18.7. The molecule has 2 N–H and O–H groups in total. The Morgan fingerprint density at radius 1 is 1.04 bits per heavy atom. The highest BCUT2D eigenvalue weighted by molar-refractivity contribution is 5.98. The van der Waals surface area contributed by atoms with Crippen molar-refractivity contribution in [1.29, 1.82) is 0 Å². The van der Waals surface area contributed by atoms with E-state index in [1.54, 1.807) is 19.1 Å². The minimum absolute atomic E-state index is 0.238. The fourth-order valence-corrected chi connectivity index (χ4v) is 2.63. The van der Waals surface area contributed by atoms with Gasteiger partial charge in [-0.3, -0.25) is 4.79 Å². The van der Waals surface area contributed by atoms with Gasteiger partial charge in [-0.1, -0.05) is 24.3 Å². The topological polar surface area (TPSA) is 67.4 Å². The summed E-state index contributed by atoms with van der Waals surface area (Å²) in [6, 6.07) is 13.4. The highest BCUT2D eigenvalue weighted by atomic mass is 16.5. The minimum atomic E-state index is -0.822. The van der Waals surface area contributed by atoms with Crippen LogP contribution in [-0.4, -0.2) is 24.0 Å². The third-order valence-electron chi connectivity index (χ3n) is 4.60. The summed E-state index contributed by atoms with van der Waals surface area (Å²) in [5.41, 5.74) is 4.28. The number of benzene rings is 2. The Kier molecular flexibility index (Phi) is 5.26. The van der Waals surface area contributed by atoms with Crippen LogP contribution in [0.3, 0.4) is 0 Å². The molecular weight excluding hydrogens is 328 g/mol. The molecule has 0 saturated heterocycles. The molecule has 2 aromatic rings. The molecule has 26 heavy (non-hydrogen) atoms. The zero-order valence-corrected chi connectivity index (χ0v) is 15.3. The van der Waals surface area contributed by atoms with Crippen molar-refractivity contribution in [2.24, 2.45) is 0 Å². The molecule has 1 aliphatic rings. The summed E-state index contributed by atoms with van der Waals surface area (Å²) < 4.78 is 5.37. The maximum absolute atomic E-state index is 12.6. The highest BCUT2D eigenvalue weighted by Gasteiger charge is 2.27. The maximum atomic E-state index is 12.6. The van der Waals surface area contributed by atoms with Gasteiger partial charge in [0, 0.05) is 11.7 Å². The molecule has 0 spiro atoms. The number of carbonyl (C=O) groups excluding carboxylic acids is 2. The summed E-state index contributed by atoms with van der Waals surface area (Å²) >= 11 is 0. The second-order valence-electron chi connectivity index (χ2n) is 6.75. The number of ether oxygens (including phenoxy) is 1. The summed E-state index contributed by atoms with van der Waals surface area (Å²) in [5, 5.41) is 6.15. The molecule has 1 saturated carbocycles. The Hall–Kier alpha value is -2.82. The van der Waals surface area contributed by atoms with E-state index in [4.69, 9.17) is 4.74 Å². The van der Waals surface area contributed by atoms with Crippen LogP contribution in [0.15, 0.2) is 42.5 Å². The monoisotopic (exact) mass is 352 g/mol. The normalized spacial score (nSPS) is 14.4. The second-order valence-corrected chi connectivity index (χ2v) is 6.75. The predicted octanol–water partition coefficient (Wildman–Crippen LogP) is 3.87. The number of nitrogens with one attached hydrogen (secondary N) is 2. The Morgan fingerprint density at radius 3 is 2.46 bits per heavy atom. The largest absolute Gasteiger partial charge is 0.449 e. The molecule has 0 bridgehead atoms. The summed E-state index contributed by atoms with van der Waals surface area (Å²) in [5.74, 6) is -0.766. The Labute approximate surface area is 153 Å². The van der Waals surface area contributed by atoms with E-state index in [0.717, 1.165) is 24.1 Å². The summed E-state index contributed by atoms with van der Waals surface area (Å²) in [6.07, 6.45) is 1.17. The number of amides is 1. The number of hydrogen-bond acceptors (Lipinski definition) is 4. The number of anilines is 2. The molecule has 3 rings (SSSR count). The van der Waals surface area contributed by atoms with Crippen LogP contribution in [-0.2, 0) is 9.53 Å². The summed E-state index contributed by atoms with van der Waals surface area (Å²) in [7, 11) is 0. The van der Waals surface area contributed by atoms with Crippen molar-refractivity contribution in [2.75, 3.05) is 5.32 Å². The van der Waals surface area contributed by atoms with Crippen LogP contribution in [0.25, 0.3) is 0 Å². The van der Waals surface area contributed by atoms with E-state index in [1.165, 1.54) is 5.56 Å². The van der Waals surface area contributed by atoms with Crippen molar-refractivity contribution < 1.29 is 14.3 Å². The lowest BCUT2D eigenvalue weighted by Crippen LogP contribution is -2.37. The van der Waals surface area contributed by atoms with E-state index >= 15 is 0 Å². The van der Waals surface area contributed by atoms with Crippen molar-refractivity contribution in [3.63, 3.8) is 0 Å². The number of carbonyl (C=O) groups is 2. The van der Waals surface area contributed by atoms with Gasteiger partial charge in [0.15, 0.2) is 6.10 Å². The van der Waals surface area contributed by atoms with Crippen molar-refractivity contribution >= 4 is 23.3 Å². The van der Waals surface area contributed by atoms with E-state index in [1.807, 2.05) is 44.2 Å². The van der Waals surface area contributed by atoms with Crippen molar-refractivity contribution in [3.8, 4) is 0 Å². The molecule has 0 aromatic heterocycles. The van der Waals surface area contributed by atoms with E-state index in [9.17, 15) is 9.59 Å². The molecule has 1 aliphatic carbocycles. The summed E-state index contributed by atoms with van der Waals surface area (Å²) in [6.45, 7) is 5.67. The smallest absolute Gasteiger partial charge is 0.341 e. The lowest BCUT2D eigenvalue weighted by atomic mass is 10.1. The molecule has 0 radical (unpaired) electrons. The van der Waals surface area contributed by atoms with Gasteiger partial charge in [-0.05, 0) is 62.9 Å². The van der Waals surface area contributed by atoms with Crippen LogP contribution in [0, 0.1) is 13.8 Å². The fourth-order valence-electron chi connectivity index (χ4n) is 2.63. The molecule has 5 heteroatoms. The molecule has 0 aliphatic heterocycles. The van der Waals surface area contributed by atoms with Gasteiger partial charge < -0.3 is 15.4 Å². The van der Waals surface area contributed by atoms with Crippen LogP contribution < -0.4 is 10.6 Å². The van der Waals surface area contributed by atoms with Crippen molar-refractivity contribution in [1.82, 2.24) is 5.32 Å². The van der Waals surface area contributed by atoms with Gasteiger partial charge in [-0.2, -0.15) is 0 Å².